The first kappa shape index (κ1) is 13.3. The summed E-state index contributed by atoms with van der Waals surface area (Å²) in [6, 6.07) is 7.84. The van der Waals surface area contributed by atoms with Crippen LogP contribution in [0.3, 0.4) is 0 Å². The molecule has 0 radical (unpaired) electrons. The molecule has 2 aromatic rings. The van der Waals surface area contributed by atoms with E-state index in [0.29, 0.717) is 6.29 Å². The Labute approximate surface area is 109 Å². The zero-order valence-corrected chi connectivity index (χ0v) is 10.7. The van der Waals surface area contributed by atoms with E-state index in [0.717, 1.165) is 16.4 Å². The molecule has 0 aliphatic rings. The minimum absolute atomic E-state index is 0.105. The minimum Gasteiger partial charge on any atom is -0.440 e. The van der Waals surface area contributed by atoms with Crippen LogP contribution < -0.4 is 4.31 Å². The Balaban J connectivity index is 2.45. The summed E-state index contributed by atoms with van der Waals surface area (Å²) in [6.07, 6.45) is 0.391. The fourth-order valence-electron chi connectivity index (χ4n) is 1.51. The molecule has 0 fully saturated rings. The summed E-state index contributed by atoms with van der Waals surface area (Å²) in [6.45, 7) is 0. The van der Waals surface area contributed by atoms with E-state index in [2.05, 4.69) is 0 Å². The van der Waals surface area contributed by atoms with Crippen molar-refractivity contribution < 1.29 is 22.0 Å². The third-order valence-electron chi connectivity index (χ3n) is 2.52. The molecule has 2 rings (SSSR count). The molecule has 0 N–H and O–H groups in total. The molecule has 100 valence electrons. The van der Waals surface area contributed by atoms with Crippen LogP contribution in [0.15, 0.2) is 45.9 Å². The van der Waals surface area contributed by atoms with Crippen molar-refractivity contribution >= 4 is 22.0 Å². The second kappa shape index (κ2) is 4.85. The van der Waals surface area contributed by atoms with E-state index < -0.39 is 20.9 Å². The predicted molar refractivity (Wildman–Crippen MR) is 66.1 cm³/mol. The number of aldehydes is 1. The van der Waals surface area contributed by atoms with E-state index in [1.165, 1.54) is 31.3 Å². The van der Waals surface area contributed by atoms with E-state index in [1.54, 1.807) is 0 Å². The van der Waals surface area contributed by atoms with Gasteiger partial charge < -0.3 is 4.42 Å². The molecule has 1 aromatic heterocycles. The Hall–Kier alpha value is -2.15. The molecule has 5 nitrogen and oxygen atoms in total. The maximum Gasteiger partial charge on any atom is 0.297 e. The number of carbonyl (C=O) groups is 1. The largest absolute Gasteiger partial charge is 0.440 e. The number of rotatable bonds is 4. The maximum atomic E-state index is 13.6. The van der Waals surface area contributed by atoms with Crippen LogP contribution in [0.5, 0.6) is 0 Å². The average Bonchev–Trinajstić information content (AvgIpc) is 2.88. The van der Waals surface area contributed by atoms with Gasteiger partial charge in [-0.05, 0) is 24.3 Å². The van der Waals surface area contributed by atoms with Gasteiger partial charge in [-0.1, -0.05) is 12.1 Å². The fraction of sp³-hybridized carbons (Fsp3) is 0.0833. The first-order valence-electron chi connectivity index (χ1n) is 5.25. The molecule has 0 saturated heterocycles. The van der Waals surface area contributed by atoms with Crippen molar-refractivity contribution in [2.24, 2.45) is 0 Å². The SMILES string of the molecule is CN(c1ccccc1F)S(=O)(=O)c1ccc(C=O)o1. The van der Waals surface area contributed by atoms with E-state index in [9.17, 15) is 17.6 Å². The molecule has 0 saturated carbocycles. The highest BCUT2D eigenvalue weighted by molar-refractivity contribution is 7.92. The van der Waals surface area contributed by atoms with Crippen molar-refractivity contribution in [2.75, 3.05) is 11.4 Å². The zero-order valence-electron chi connectivity index (χ0n) is 9.91. The highest BCUT2D eigenvalue weighted by Crippen LogP contribution is 2.25. The summed E-state index contributed by atoms with van der Waals surface area (Å²) < 4.78 is 43.5. The van der Waals surface area contributed by atoms with E-state index in [4.69, 9.17) is 4.42 Å². The van der Waals surface area contributed by atoms with Crippen LogP contribution in [-0.4, -0.2) is 21.8 Å². The smallest absolute Gasteiger partial charge is 0.297 e. The number of hydrogen-bond donors (Lipinski definition) is 0. The van der Waals surface area contributed by atoms with Crippen LogP contribution in [-0.2, 0) is 10.0 Å². The minimum atomic E-state index is -4.04. The van der Waals surface area contributed by atoms with Crippen molar-refractivity contribution in [3.63, 3.8) is 0 Å². The molecule has 7 heteroatoms. The Kier molecular flexibility index (Phi) is 3.39. The molecule has 0 spiro atoms. The van der Waals surface area contributed by atoms with E-state index >= 15 is 0 Å². The van der Waals surface area contributed by atoms with Crippen LogP contribution >= 0.6 is 0 Å². The van der Waals surface area contributed by atoms with Gasteiger partial charge in [0.05, 0.1) is 5.69 Å². The highest BCUT2D eigenvalue weighted by Gasteiger charge is 2.26. The molecule has 0 unspecified atom stereocenters. The van der Waals surface area contributed by atoms with Gasteiger partial charge >= 0.3 is 0 Å². The van der Waals surface area contributed by atoms with Crippen molar-refractivity contribution in [1.82, 2.24) is 0 Å². The molecule has 19 heavy (non-hydrogen) atoms. The number of benzene rings is 1. The number of sulfonamides is 1. The topological polar surface area (TPSA) is 67.6 Å². The van der Waals surface area contributed by atoms with Gasteiger partial charge in [-0.3, -0.25) is 9.10 Å². The fourth-order valence-corrected chi connectivity index (χ4v) is 2.63. The number of anilines is 1. The number of furan rings is 1. The van der Waals surface area contributed by atoms with E-state index in [1.807, 2.05) is 0 Å². The molecular weight excluding hydrogens is 273 g/mol. The van der Waals surface area contributed by atoms with Gasteiger partial charge in [0.1, 0.15) is 5.82 Å². The summed E-state index contributed by atoms with van der Waals surface area (Å²) in [5, 5.41) is -0.416. The van der Waals surface area contributed by atoms with Gasteiger partial charge in [-0.15, -0.1) is 0 Å². The van der Waals surface area contributed by atoms with Crippen LogP contribution in [0.4, 0.5) is 10.1 Å². The summed E-state index contributed by atoms with van der Waals surface area (Å²) in [4.78, 5) is 10.5. The normalized spacial score (nSPS) is 11.3. The molecule has 0 atom stereocenters. The van der Waals surface area contributed by atoms with Crippen molar-refractivity contribution in [3.05, 3.63) is 48.0 Å². The van der Waals surface area contributed by atoms with Gasteiger partial charge in [-0.25, -0.2) is 4.39 Å². The van der Waals surface area contributed by atoms with Gasteiger partial charge in [0, 0.05) is 7.05 Å². The van der Waals surface area contributed by atoms with E-state index in [-0.39, 0.29) is 11.4 Å². The Bertz CT molecular complexity index is 708. The lowest BCUT2D eigenvalue weighted by molar-refractivity contribution is 0.109. The summed E-state index contributed by atoms with van der Waals surface area (Å²) in [7, 11) is -2.83. The molecule has 0 amide bonds. The van der Waals surface area contributed by atoms with Gasteiger partial charge in [0.25, 0.3) is 10.0 Å². The molecule has 0 aliphatic heterocycles. The van der Waals surface area contributed by atoms with Crippen LogP contribution in [0.25, 0.3) is 0 Å². The average molecular weight is 283 g/mol. The molecule has 1 heterocycles. The number of para-hydroxylation sites is 1. The third-order valence-corrected chi connectivity index (χ3v) is 4.17. The van der Waals surface area contributed by atoms with Crippen molar-refractivity contribution in [2.45, 2.75) is 5.09 Å². The van der Waals surface area contributed by atoms with Crippen molar-refractivity contribution in [1.29, 1.82) is 0 Å². The molecule has 0 aliphatic carbocycles. The lowest BCUT2D eigenvalue weighted by Gasteiger charge is -2.18. The summed E-state index contributed by atoms with van der Waals surface area (Å²) >= 11 is 0. The second-order valence-electron chi connectivity index (χ2n) is 3.70. The maximum absolute atomic E-state index is 13.6. The summed E-state index contributed by atoms with van der Waals surface area (Å²) in [5.41, 5.74) is -0.105. The van der Waals surface area contributed by atoms with Crippen LogP contribution in [0.1, 0.15) is 10.6 Å². The Morgan fingerprint density at radius 3 is 2.47 bits per heavy atom. The first-order chi connectivity index (χ1) is 8.96. The molecule has 0 bridgehead atoms. The monoisotopic (exact) mass is 283 g/mol. The predicted octanol–water partition coefficient (Wildman–Crippen LogP) is 2.06. The van der Waals surface area contributed by atoms with Gasteiger partial charge in [0.15, 0.2) is 12.0 Å². The summed E-state index contributed by atoms with van der Waals surface area (Å²) in [5.74, 6) is -0.781. The quantitative estimate of drug-likeness (QED) is 0.805. The van der Waals surface area contributed by atoms with Crippen LogP contribution in [0.2, 0.25) is 0 Å². The Morgan fingerprint density at radius 2 is 1.89 bits per heavy atom. The lowest BCUT2D eigenvalue weighted by atomic mass is 10.3. The second-order valence-corrected chi connectivity index (χ2v) is 5.60. The lowest BCUT2D eigenvalue weighted by Crippen LogP contribution is -2.27. The number of nitrogens with zero attached hydrogens (tertiary/aromatic N) is 1. The van der Waals surface area contributed by atoms with Crippen molar-refractivity contribution in [3.8, 4) is 0 Å². The number of hydrogen-bond acceptors (Lipinski definition) is 4. The standard InChI is InChI=1S/C12H10FNO4S/c1-14(11-5-3-2-4-10(11)13)19(16,17)12-7-6-9(8-15)18-12/h2-8H,1H3. The zero-order chi connectivity index (χ0) is 14.0. The highest BCUT2D eigenvalue weighted by atomic mass is 32.2. The van der Waals surface area contributed by atoms with Gasteiger partial charge in [-0.2, -0.15) is 8.42 Å². The molecular formula is C12H10FNO4S. The Morgan fingerprint density at radius 1 is 1.21 bits per heavy atom. The first-order valence-corrected chi connectivity index (χ1v) is 6.69. The molecule has 1 aromatic carbocycles. The van der Waals surface area contributed by atoms with Gasteiger partial charge in [0.2, 0.25) is 5.09 Å². The third kappa shape index (κ3) is 2.37. The number of carbonyl (C=O) groups excluding carboxylic acids is 1. The number of halogens is 1. The van der Waals surface area contributed by atoms with Crippen LogP contribution in [0, 0.1) is 5.82 Å².